The van der Waals surface area contributed by atoms with Crippen LogP contribution in [0.2, 0.25) is 0 Å². The van der Waals surface area contributed by atoms with Crippen molar-refractivity contribution in [1.82, 2.24) is 10.6 Å². The molecule has 2 rings (SSSR count). The summed E-state index contributed by atoms with van der Waals surface area (Å²) < 4.78 is 0. The van der Waals surface area contributed by atoms with Gasteiger partial charge in [0.2, 0.25) is 5.91 Å². The lowest BCUT2D eigenvalue weighted by molar-refractivity contribution is -0.121. The van der Waals surface area contributed by atoms with Gasteiger partial charge in [-0.2, -0.15) is 0 Å². The van der Waals surface area contributed by atoms with Crippen LogP contribution in [-0.2, 0) is 4.79 Å². The zero-order valence-electron chi connectivity index (χ0n) is 10.1. The van der Waals surface area contributed by atoms with Gasteiger partial charge in [-0.3, -0.25) is 4.79 Å². The van der Waals surface area contributed by atoms with E-state index < -0.39 is 0 Å². The van der Waals surface area contributed by atoms with E-state index >= 15 is 0 Å². The second kappa shape index (κ2) is 6.24. The lowest BCUT2D eigenvalue weighted by Gasteiger charge is -2.21. The van der Waals surface area contributed by atoms with Crippen LogP contribution >= 0.6 is 0 Å². The molecule has 3 heteroatoms. The van der Waals surface area contributed by atoms with Crippen molar-refractivity contribution in [2.45, 2.75) is 57.4 Å². The minimum Gasteiger partial charge on any atom is -0.356 e. The van der Waals surface area contributed by atoms with Gasteiger partial charge in [-0.1, -0.05) is 19.3 Å². The van der Waals surface area contributed by atoms with Crippen molar-refractivity contribution < 1.29 is 4.79 Å². The summed E-state index contributed by atoms with van der Waals surface area (Å²) in [5.41, 5.74) is 0. The fraction of sp³-hybridized carbons (Fsp3) is 0.923. The van der Waals surface area contributed by atoms with E-state index in [0.717, 1.165) is 19.0 Å². The highest BCUT2D eigenvalue weighted by molar-refractivity contribution is 5.76. The fourth-order valence-electron chi connectivity index (χ4n) is 2.42. The fourth-order valence-corrected chi connectivity index (χ4v) is 2.42. The van der Waals surface area contributed by atoms with E-state index in [9.17, 15) is 4.79 Å². The molecule has 0 aliphatic heterocycles. The molecule has 1 amide bonds. The van der Waals surface area contributed by atoms with Crippen LogP contribution in [0.4, 0.5) is 0 Å². The summed E-state index contributed by atoms with van der Waals surface area (Å²) in [6, 6.07) is 0.714. The molecule has 2 aliphatic rings. The van der Waals surface area contributed by atoms with E-state index in [1.165, 1.54) is 44.9 Å². The molecule has 0 aromatic heterocycles. The molecule has 3 nitrogen and oxygen atoms in total. The van der Waals surface area contributed by atoms with E-state index in [1.807, 2.05) is 0 Å². The topological polar surface area (TPSA) is 41.1 Å². The van der Waals surface area contributed by atoms with Crippen molar-refractivity contribution in [3.63, 3.8) is 0 Å². The van der Waals surface area contributed by atoms with Crippen molar-refractivity contribution >= 4 is 5.91 Å². The molecule has 0 saturated heterocycles. The maximum absolute atomic E-state index is 11.5. The lowest BCUT2D eigenvalue weighted by atomic mass is 9.89. The molecule has 0 bridgehead atoms. The Hall–Kier alpha value is -0.570. The van der Waals surface area contributed by atoms with Gasteiger partial charge in [0.1, 0.15) is 0 Å². The number of rotatable bonds is 6. The van der Waals surface area contributed by atoms with Crippen molar-refractivity contribution in [2.75, 3.05) is 13.1 Å². The number of carbonyl (C=O) groups is 1. The molecule has 16 heavy (non-hydrogen) atoms. The minimum absolute atomic E-state index is 0.221. The predicted octanol–water partition coefficient (Wildman–Crippen LogP) is 1.82. The number of carbonyl (C=O) groups excluding carboxylic acids is 1. The van der Waals surface area contributed by atoms with Gasteiger partial charge in [-0.05, 0) is 31.6 Å². The molecule has 0 heterocycles. The molecule has 92 valence electrons. The first-order chi connectivity index (χ1) is 7.84. The summed E-state index contributed by atoms with van der Waals surface area (Å²) >= 11 is 0. The van der Waals surface area contributed by atoms with Crippen molar-refractivity contribution in [1.29, 1.82) is 0 Å². The Bertz CT molecular complexity index is 220. The summed E-state index contributed by atoms with van der Waals surface area (Å²) in [6.45, 7) is 1.75. The number of amides is 1. The predicted molar refractivity (Wildman–Crippen MR) is 65.2 cm³/mol. The average Bonchev–Trinajstić information content (AvgIpc) is 3.12. The number of hydrogen-bond acceptors (Lipinski definition) is 2. The van der Waals surface area contributed by atoms with Crippen LogP contribution in [0.15, 0.2) is 0 Å². The van der Waals surface area contributed by atoms with E-state index in [-0.39, 0.29) is 5.91 Å². The third-order valence-electron chi connectivity index (χ3n) is 3.68. The molecule has 0 unspecified atom stereocenters. The molecule has 0 radical (unpaired) electrons. The molecule has 2 aliphatic carbocycles. The Morgan fingerprint density at radius 1 is 1.06 bits per heavy atom. The summed E-state index contributed by atoms with van der Waals surface area (Å²) in [5, 5.41) is 6.43. The van der Waals surface area contributed by atoms with Gasteiger partial charge in [0, 0.05) is 25.6 Å². The molecule has 2 fully saturated rings. The standard InChI is InChI=1S/C13H24N2O/c16-13(8-9-14-12-6-7-12)15-10-11-4-2-1-3-5-11/h11-12,14H,1-10H2,(H,15,16). The quantitative estimate of drug-likeness (QED) is 0.722. The summed E-state index contributed by atoms with van der Waals surface area (Å²) in [4.78, 5) is 11.5. The van der Waals surface area contributed by atoms with Gasteiger partial charge in [0.05, 0.1) is 0 Å². The zero-order valence-corrected chi connectivity index (χ0v) is 10.1. The first-order valence-corrected chi connectivity index (χ1v) is 6.84. The number of nitrogens with one attached hydrogen (secondary N) is 2. The van der Waals surface area contributed by atoms with Gasteiger partial charge < -0.3 is 10.6 Å². The second-order valence-electron chi connectivity index (χ2n) is 5.29. The van der Waals surface area contributed by atoms with Crippen LogP contribution in [0.25, 0.3) is 0 Å². The van der Waals surface area contributed by atoms with Crippen LogP contribution in [0.5, 0.6) is 0 Å². The Kier molecular flexibility index (Phi) is 4.64. The highest BCUT2D eigenvalue weighted by Crippen LogP contribution is 2.22. The molecule has 0 spiro atoms. The Labute approximate surface area is 98.4 Å². The van der Waals surface area contributed by atoms with Crippen LogP contribution in [0.1, 0.15) is 51.4 Å². The molecule has 0 atom stereocenters. The van der Waals surface area contributed by atoms with Gasteiger partial charge >= 0.3 is 0 Å². The van der Waals surface area contributed by atoms with Crippen LogP contribution in [0.3, 0.4) is 0 Å². The molecule has 0 aromatic carbocycles. The third kappa shape index (κ3) is 4.52. The summed E-state index contributed by atoms with van der Waals surface area (Å²) in [6.07, 6.45) is 9.93. The van der Waals surface area contributed by atoms with Crippen molar-refractivity contribution in [2.24, 2.45) is 5.92 Å². The first-order valence-electron chi connectivity index (χ1n) is 6.84. The van der Waals surface area contributed by atoms with E-state index in [2.05, 4.69) is 10.6 Å². The average molecular weight is 224 g/mol. The van der Waals surface area contributed by atoms with Gasteiger partial charge in [0.15, 0.2) is 0 Å². The van der Waals surface area contributed by atoms with E-state index in [4.69, 9.17) is 0 Å². The van der Waals surface area contributed by atoms with Crippen LogP contribution in [0, 0.1) is 5.92 Å². The van der Waals surface area contributed by atoms with Crippen LogP contribution < -0.4 is 10.6 Å². The summed E-state index contributed by atoms with van der Waals surface area (Å²) in [5.74, 6) is 0.966. The Morgan fingerprint density at radius 2 is 1.81 bits per heavy atom. The van der Waals surface area contributed by atoms with Gasteiger partial charge in [-0.15, -0.1) is 0 Å². The maximum Gasteiger partial charge on any atom is 0.221 e. The molecule has 0 aromatic rings. The lowest BCUT2D eigenvalue weighted by Crippen LogP contribution is -2.32. The largest absolute Gasteiger partial charge is 0.356 e. The van der Waals surface area contributed by atoms with E-state index in [0.29, 0.717) is 12.5 Å². The van der Waals surface area contributed by atoms with E-state index in [1.54, 1.807) is 0 Å². The maximum atomic E-state index is 11.5. The Balaban J connectivity index is 1.48. The minimum atomic E-state index is 0.221. The van der Waals surface area contributed by atoms with Gasteiger partial charge in [0.25, 0.3) is 0 Å². The first kappa shape index (κ1) is 11.9. The second-order valence-corrected chi connectivity index (χ2v) is 5.29. The molecular weight excluding hydrogens is 200 g/mol. The normalized spacial score (nSPS) is 22.0. The molecule has 2 saturated carbocycles. The molecular formula is C13H24N2O. The van der Waals surface area contributed by atoms with Crippen molar-refractivity contribution in [3.8, 4) is 0 Å². The van der Waals surface area contributed by atoms with Gasteiger partial charge in [-0.25, -0.2) is 0 Å². The molecule has 2 N–H and O–H groups in total. The third-order valence-corrected chi connectivity index (χ3v) is 3.68. The highest BCUT2D eigenvalue weighted by atomic mass is 16.1. The smallest absolute Gasteiger partial charge is 0.221 e. The zero-order chi connectivity index (χ0) is 11.2. The van der Waals surface area contributed by atoms with Crippen LogP contribution in [-0.4, -0.2) is 25.0 Å². The Morgan fingerprint density at radius 3 is 2.50 bits per heavy atom. The monoisotopic (exact) mass is 224 g/mol. The van der Waals surface area contributed by atoms with Crippen molar-refractivity contribution in [3.05, 3.63) is 0 Å². The SMILES string of the molecule is O=C(CCNC1CC1)NCC1CCCCC1. The number of hydrogen-bond donors (Lipinski definition) is 2. The highest BCUT2D eigenvalue weighted by Gasteiger charge is 2.20. The summed E-state index contributed by atoms with van der Waals surface area (Å²) in [7, 11) is 0.